The average Bonchev–Trinajstić information content (AvgIpc) is 3.37. The maximum absolute atomic E-state index is 13.2. The highest BCUT2D eigenvalue weighted by Gasteiger charge is 2.30. The number of furan rings is 1. The highest BCUT2D eigenvalue weighted by atomic mass is 32.2. The molecule has 0 aromatic carbocycles. The maximum Gasteiger partial charge on any atom is 0.404 e. The van der Waals surface area contributed by atoms with Crippen molar-refractivity contribution in [2.24, 2.45) is 5.41 Å². The zero-order valence-electron chi connectivity index (χ0n) is 17.2. The molecule has 162 valence electrons. The van der Waals surface area contributed by atoms with Gasteiger partial charge in [-0.3, -0.25) is 0 Å². The van der Waals surface area contributed by atoms with E-state index in [1.165, 1.54) is 30.8 Å². The summed E-state index contributed by atoms with van der Waals surface area (Å²) in [6, 6.07) is 9.13. The Morgan fingerprint density at radius 3 is 2.68 bits per heavy atom. The standard InChI is InChI=1S/C21H22N4O5S/c1-21(2,3)18(24-20(26)27)11-14-10-17(15-6-4-8-23-16(15)12-22)25(13-14)31(28,29)19-7-5-9-30-19/h4-10,13,18,24H,11H2,1-3H3,(H,26,27). The van der Waals surface area contributed by atoms with Crippen LogP contribution in [0.3, 0.4) is 0 Å². The predicted molar refractivity (Wildman–Crippen MR) is 112 cm³/mol. The Morgan fingerprint density at radius 1 is 1.35 bits per heavy atom. The molecule has 2 N–H and O–H groups in total. The third kappa shape index (κ3) is 4.62. The van der Waals surface area contributed by atoms with Crippen LogP contribution in [0.1, 0.15) is 32.0 Å². The van der Waals surface area contributed by atoms with Gasteiger partial charge in [0.15, 0.2) is 0 Å². The second kappa shape index (κ2) is 8.28. The largest absolute Gasteiger partial charge is 0.465 e. The van der Waals surface area contributed by atoms with Crippen molar-refractivity contribution in [3.8, 4) is 17.3 Å². The Morgan fingerprint density at radius 2 is 2.10 bits per heavy atom. The molecular weight excluding hydrogens is 420 g/mol. The van der Waals surface area contributed by atoms with Crippen LogP contribution in [0.2, 0.25) is 0 Å². The molecular formula is C21H22N4O5S. The lowest BCUT2D eigenvalue weighted by molar-refractivity contribution is 0.174. The molecule has 1 amide bonds. The van der Waals surface area contributed by atoms with Crippen LogP contribution in [0.5, 0.6) is 0 Å². The van der Waals surface area contributed by atoms with Crippen LogP contribution in [0, 0.1) is 16.7 Å². The van der Waals surface area contributed by atoms with Gasteiger partial charge < -0.3 is 14.8 Å². The maximum atomic E-state index is 13.2. The molecule has 0 aliphatic heterocycles. The van der Waals surface area contributed by atoms with Gasteiger partial charge in [-0.2, -0.15) is 13.7 Å². The Hall–Kier alpha value is -3.58. The smallest absolute Gasteiger partial charge is 0.404 e. The molecule has 0 saturated carbocycles. The summed E-state index contributed by atoms with van der Waals surface area (Å²) in [7, 11) is -4.10. The summed E-state index contributed by atoms with van der Waals surface area (Å²) in [6.07, 6.45) is 3.20. The normalized spacial score (nSPS) is 12.8. The Labute approximate surface area is 180 Å². The monoisotopic (exact) mass is 442 g/mol. The molecule has 1 unspecified atom stereocenters. The van der Waals surface area contributed by atoms with Crippen LogP contribution in [0.15, 0.2) is 58.5 Å². The van der Waals surface area contributed by atoms with E-state index in [9.17, 15) is 23.6 Å². The third-order valence-electron chi connectivity index (χ3n) is 4.82. The van der Waals surface area contributed by atoms with Crippen molar-refractivity contribution in [2.45, 2.75) is 38.3 Å². The van der Waals surface area contributed by atoms with Gasteiger partial charge in [0.05, 0.1) is 12.0 Å². The summed E-state index contributed by atoms with van der Waals surface area (Å²) in [5, 5.41) is 20.9. The number of aromatic nitrogens is 2. The van der Waals surface area contributed by atoms with E-state index in [-0.39, 0.29) is 22.9 Å². The topological polar surface area (TPSA) is 138 Å². The third-order valence-corrected chi connectivity index (χ3v) is 6.38. The summed E-state index contributed by atoms with van der Waals surface area (Å²) in [5.41, 5.74) is 0.793. The number of nitriles is 1. The second-order valence-corrected chi connectivity index (χ2v) is 9.80. The van der Waals surface area contributed by atoms with Gasteiger partial charge in [-0.05, 0) is 47.7 Å². The number of nitrogens with one attached hydrogen (secondary N) is 1. The summed E-state index contributed by atoms with van der Waals surface area (Å²) < 4.78 is 32.6. The number of hydrogen-bond donors (Lipinski definition) is 2. The molecule has 10 heteroatoms. The fourth-order valence-electron chi connectivity index (χ4n) is 3.17. The Kier molecular flexibility index (Phi) is 5.90. The first-order valence-electron chi connectivity index (χ1n) is 9.39. The molecule has 3 aromatic rings. The molecule has 0 bridgehead atoms. The van der Waals surface area contributed by atoms with Gasteiger partial charge in [0.25, 0.3) is 0 Å². The molecule has 0 spiro atoms. The molecule has 0 aliphatic carbocycles. The lowest BCUT2D eigenvalue weighted by atomic mass is 9.83. The van der Waals surface area contributed by atoms with Crippen molar-refractivity contribution in [1.29, 1.82) is 5.26 Å². The predicted octanol–water partition coefficient (Wildman–Crippen LogP) is 3.48. The van der Waals surface area contributed by atoms with E-state index in [4.69, 9.17) is 4.42 Å². The van der Waals surface area contributed by atoms with E-state index in [1.54, 1.807) is 18.2 Å². The van der Waals surface area contributed by atoms with Crippen LogP contribution in [0.4, 0.5) is 4.79 Å². The van der Waals surface area contributed by atoms with E-state index in [2.05, 4.69) is 10.3 Å². The number of carboxylic acid groups (broad SMARTS) is 1. The van der Waals surface area contributed by atoms with Crippen molar-refractivity contribution < 1.29 is 22.7 Å². The van der Waals surface area contributed by atoms with Crippen molar-refractivity contribution in [2.75, 3.05) is 0 Å². The molecule has 3 aromatic heterocycles. The molecule has 0 radical (unpaired) electrons. The first-order chi connectivity index (χ1) is 14.5. The molecule has 1 atom stereocenters. The van der Waals surface area contributed by atoms with E-state index in [0.29, 0.717) is 11.1 Å². The van der Waals surface area contributed by atoms with E-state index < -0.39 is 27.6 Å². The minimum atomic E-state index is -4.10. The SMILES string of the molecule is CC(C)(C)C(Cc1cc(-c2cccnc2C#N)n(S(=O)(=O)c2ccco2)c1)NC(=O)O. The quantitative estimate of drug-likeness (QED) is 0.596. The average molecular weight is 442 g/mol. The summed E-state index contributed by atoms with van der Waals surface area (Å²) in [5.74, 6) is 0. The molecule has 3 rings (SSSR count). The zero-order chi connectivity index (χ0) is 22.8. The highest BCUT2D eigenvalue weighted by molar-refractivity contribution is 7.89. The van der Waals surface area contributed by atoms with Gasteiger partial charge in [-0.1, -0.05) is 20.8 Å². The fourth-order valence-corrected chi connectivity index (χ4v) is 4.48. The number of hydrogen-bond acceptors (Lipinski definition) is 6. The number of amides is 1. The second-order valence-electron chi connectivity index (χ2n) is 8.05. The molecule has 0 aliphatic rings. The van der Waals surface area contributed by atoms with Gasteiger partial charge in [0.2, 0.25) is 5.09 Å². The van der Waals surface area contributed by atoms with Crippen molar-refractivity contribution >= 4 is 16.1 Å². The lowest BCUT2D eigenvalue weighted by Gasteiger charge is -2.30. The first-order valence-corrected chi connectivity index (χ1v) is 10.8. The van der Waals surface area contributed by atoms with Crippen LogP contribution in [-0.2, 0) is 16.4 Å². The summed E-state index contributed by atoms with van der Waals surface area (Å²) >= 11 is 0. The number of carbonyl (C=O) groups is 1. The van der Waals surface area contributed by atoms with Gasteiger partial charge in [0.1, 0.15) is 11.8 Å². The number of rotatable bonds is 6. The van der Waals surface area contributed by atoms with Crippen molar-refractivity contribution in [3.05, 3.63) is 60.2 Å². The van der Waals surface area contributed by atoms with Gasteiger partial charge in [0, 0.05) is 24.0 Å². The first kappa shape index (κ1) is 22.1. The van der Waals surface area contributed by atoms with Gasteiger partial charge in [-0.15, -0.1) is 0 Å². The Bertz CT molecular complexity index is 1230. The summed E-state index contributed by atoms with van der Waals surface area (Å²) in [6.45, 7) is 5.67. The van der Waals surface area contributed by atoms with Gasteiger partial charge in [-0.25, -0.2) is 13.8 Å². The van der Waals surface area contributed by atoms with Crippen LogP contribution >= 0.6 is 0 Å². The number of nitrogens with zero attached hydrogens (tertiary/aromatic N) is 3. The lowest BCUT2D eigenvalue weighted by Crippen LogP contribution is -2.44. The molecule has 31 heavy (non-hydrogen) atoms. The van der Waals surface area contributed by atoms with E-state index >= 15 is 0 Å². The van der Waals surface area contributed by atoms with E-state index in [1.807, 2.05) is 26.8 Å². The molecule has 0 saturated heterocycles. The summed E-state index contributed by atoms with van der Waals surface area (Å²) in [4.78, 5) is 15.3. The van der Waals surface area contributed by atoms with Crippen molar-refractivity contribution in [3.63, 3.8) is 0 Å². The van der Waals surface area contributed by atoms with Crippen LogP contribution in [0.25, 0.3) is 11.3 Å². The zero-order valence-corrected chi connectivity index (χ0v) is 18.0. The minimum absolute atomic E-state index is 0.0686. The fraction of sp³-hybridized carbons (Fsp3) is 0.286. The van der Waals surface area contributed by atoms with Crippen molar-refractivity contribution in [1.82, 2.24) is 14.3 Å². The molecule has 3 heterocycles. The highest BCUT2D eigenvalue weighted by Crippen LogP contribution is 2.31. The van der Waals surface area contributed by atoms with Gasteiger partial charge >= 0.3 is 16.1 Å². The minimum Gasteiger partial charge on any atom is -0.465 e. The number of pyridine rings is 1. The molecule has 0 fully saturated rings. The Balaban J connectivity index is 2.17. The van der Waals surface area contributed by atoms with Crippen LogP contribution < -0.4 is 5.32 Å². The van der Waals surface area contributed by atoms with E-state index in [0.717, 1.165) is 3.97 Å². The van der Waals surface area contributed by atoms with Crippen LogP contribution in [-0.4, -0.2) is 34.6 Å². The molecule has 9 nitrogen and oxygen atoms in total.